The Morgan fingerprint density at radius 3 is 2.67 bits per heavy atom. The number of fused-ring (bicyclic) bond motifs is 3. The van der Waals surface area contributed by atoms with Crippen molar-refractivity contribution in [2.24, 2.45) is 5.92 Å². The minimum atomic E-state index is -0.476. The Balaban J connectivity index is 1.92. The van der Waals surface area contributed by atoms with E-state index >= 15 is 0 Å². The third-order valence-electron chi connectivity index (χ3n) is 5.91. The fraction of sp³-hybridized carbons (Fsp3) is 0.636. The fourth-order valence-corrected chi connectivity index (χ4v) is 4.27. The fourth-order valence-electron chi connectivity index (χ4n) is 4.27. The molecule has 0 saturated carbocycles. The molecule has 3 rings (SSSR count). The molecule has 0 bridgehead atoms. The highest BCUT2D eigenvalue weighted by Gasteiger charge is 2.63. The van der Waals surface area contributed by atoms with Gasteiger partial charge in [0.25, 0.3) is 0 Å². The summed E-state index contributed by atoms with van der Waals surface area (Å²) in [6.07, 6.45) is 7.66. The molecule has 2 aliphatic heterocycles. The van der Waals surface area contributed by atoms with Crippen LogP contribution in [-0.4, -0.2) is 35.9 Å². The van der Waals surface area contributed by atoms with E-state index in [0.29, 0.717) is 12.0 Å². The summed E-state index contributed by atoms with van der Waals surface area (Å²) in [5.41, 5.74) is 2.56. The lowest BCUT2D eigenvalue weighted by atomic mass is 9.83. The third kappa shape index (κ3) is 4.34. The second kappa shape index (κ2) is 7.63. The molecule has 2 fully saturated rings. The number of carbonyl (C=O) groups excluding carboxylic acids is 2. The average Bonchev–Trinajstić information content (AvgIpc) is 3.14. The van der Waals surface area contributed by atoms with Crippen LogP contribution in [0.4, 0.5) is 0 Å². The lowest BCUT2D eigenvalue weighted by Crippen LogP contribution is -2.37. The zero-order valence-electron chi connectivity index (χ0n) is 16.7. The van der Waals surface area contributed by atoms with Crippen molar-refractivity contribution in [1.29, 1.82) is 0 Å². The summed E-state index contributed by atoms with van der Waals surface area (Å²) in [5.74, 6) is -1.16. The maximum Gasteiger partial charge on any atom is 0.334 e. The van der Waals surface area contributed by atoms with Crippen LogP contribution in [0.1, 0.15) is 59.8 Å². The van der Waals surface area contributed by atoms with Gasteiger partial charge in [-0.3, -0.25) is 4.79 Å². The van der Waals surface area contributed by atoms with Gasteiger partial charge in [0.2, 0.25) is 0 Å². The number of allylic oxidation sites excluding steroid dienone is 3. The van der Waals surface area contributed by atoms with E-state index in [-0.39, 0.29) is 23.6 Å². The lowest BCUT2D eigenvalue weighted by molar-refractivity contribution is -0.150. The number of rotatable bonds is 1. The molecule has 148 valence electrons. The normalized spacial score (nSPS) is 41.0. The van der Waals surface area contributed by atoms with E-state index in [2.05, 4.69) is 32.6 Å². The van der Waals surface area contributed by atoms with Crippen LogP contribution in [0, 0.1) is 5.92 Å². The van der Waals surface area contributed by atoms with Crippen molar-refractivity contribution in [3.05, 3.63) is 35.5 Å². The van der Waals surface area contributed by atoms with E-state index in [0.717, 1.165) is 31.3 Å². The van der Waals surface area contributed by atoms with E-state index in [1.54, 1.807) is 0 Å². The first-order chi connectivity index (χ1) is 12.7. The molecule has 2 heterocycles. The lowest BCUT2D eigenvalue weighted by Gasteiger charge is -2.27. The van der Waals surface area contributed by atoms with Crippen LogP contribution in [0.5, 0.6) is 0 Å². The second-order valence-electron chi connectivity index (χ2n) is 8.30. The Labute approximate surface area is 161 Å². The molecule has 0 N–H and O–H groups in total. The van der Waals surface area contributed by atoms with Gasteiger partial charge >= 0.3 is 11.9 Å². The summed E-state index contributed by atoms with van der Waals surface area (Å²) < 4.78 is 17.3. The van der Waals surface area contributed by atoms with Crippen LogP contribution in [0.25, 0.3) is 0 Å². The standard InChI is InChI=1S/C22H30O5/c1-13-8-6-9-14(2)12-17(25-16(4)23)18-15(3)21(24)26-19(18)20-22(5,27-20)11-7-10-13/h9-10,17-20H,3,6-8,11-12H2,1-2,4-5H3/b13-10+,14-9+/t17-,18+,19-,20+,22+/m0/s1. The molecule has 0 unspecified atom stereocenters. The molecule has 0 spiro atoms. The van der Waals surface area contributed by atoms with Gasteiger partial charge in [-0.1, -0.05) is 29.9 Å². The first-order valence-corrected chi connectivity index (χ1v) is 9.77. The second-order valence-corrected chi connectivity index (χ2v) is 8.30. The smallest absolute Gasteiger partial charge is 0.334 e. The number of ether oxygens (including phenoxy) is 3. The zero-order chi connectivity index (χ0) is 19.8. The molecule has 0 amide bonds. The van der Waals surface area contributed by atoms with Gasteiger partial charge in [-0.25, -0.2) is 4.79 Å². The zero-order valence-corrected chi connectivity index (χ0v) is 16.7. The maximum atomic E-state index is 12.3. The Morgan fingerprint density at radius 2 is 1.96 bits per heavy atom. The predicted molar refractivity (Wildman–Crippen MR) is 102 cm³/mol. The van der Waals surface area contributed by atoms with Crippen molar-refractivity contribution in [2.75, 3.05) is 0 Å². The van der Waals surface area contributed by atoms with Crippen molar-refractivity contribution in [1.82, 2.24) is 0 Å². The summed E-state index contributed by atoms with van der Waals surface area (Å²) in [7, 11) is 0. The largest absolute Gasteiger partial charge is 0.461 e. The monoisotopic (exact) mass is 374 g/mol. The van der Waals surface area contributed by atoms with Crippen molar-refractivity contribution in [2.45, 2.75) is 83.7 Å². The van der Waals surface area contributed by atoms with Gasteiger partial charge in [0.05, 0.1) is 11.5 Å². The van der Waals surface area contributed by atoms with E-state index in [1.807, 2.05) is 6.92 Å². The average molecular weight is 374 g/mol. The van der Waals surface area contributed by atoms with E-state index in [1.165, 1.54) is 12.5 Å². The molecule has 0 aromatic carbocycles. The van der Waals surface area contributed by atoms with E-state index in [9.17, 15) is 9.59 Å². The van der Waals surface area contributed by atoms with E-state index < -0.39 is 18.2 Å². The molecule has 5 nitrogen and oxygen atoms in total. The first-order valence-electron chi connectivity index (χ1n) is 9.77. The highest BCUT2D eigenvalue weighted by atomic mass is 16.6. The number of hydrogen-bond acceptors (Lipinski definition) is 5. The molecule has 0 aromatic heterocycles. The summed E-state index contributed by atoms with van der Waals surface area (Å²) in [6, 6.07) is 0. The van der Waals surface area contributed by atoms with Gasteiger partial charge in [-0.05, 0) is 46.5 Å². The van der Waals surface area contributed by atoms with Gasteiger partial charge in [0.1, 0.15) is 18.3 Å². The molecule has 2 saturated heterocycles. The van der Waals surface area contributed by atoms with Crippen molar-refractivity contribution < 1.29 is 23.8 Å². The van der Waals surface area contributed by atoms with E-state index in [4.69, 9.17) is 14.2 Å². The van der Waals surface area contributed by atoms with Crippen LogP contribution < -0.4 is 0 Å². The van der Waals surface area contributed by atoms with Gasteiger partial charge in [0, 0.05) is 18.9 Å². The number of carbonyl (C=O) groups is 2. The Morgan fingerprint density at radius 1 is 1.26 bits per heavy atom. The molecule has 3 aliphatic rings. The number of esters is 2. The number of epoxide rings is 1. The molecule has 27 heavy (non-hydrogen) atoms. The molecule has 0 aromatic rings. The Kier molecular flexibility index (Phi) is 5.61. The molecule has 5 heteroatoms. The summed E-state index contributed by atoms with van der Waals surface area (Å²) in [5, 5.41) is 0. The molecule has 5 atom stereocenters. The van der Waals surface area contributed by atoms with Gasteiger partial charge in [-0.2, -0.15) is 0 Å². The first kappa shape index (κ1) is 19.9. The van der Waals surface area contributed by atoms with Crippen molar-refractivity contribution in [3.63, 3.8) is 0 Å². The minimum absolute atomic E-state index is 0.190. The van der Waals surface area contributed by atoms with Crippen molar-refractivity contribution in [3.8, 4) is 0 Å². The van der Waals surface area contributed by atoms with Crippen LogP contribution in [0.2, 0.25) is 0 Å². The summed E-state index contributed by atoms with van der Waals surface area (Å²) in [6.45, 7) is 11.6. The predicted octanol–water partition coefficient (Wildman–Crippen LogP) is 4.03. The molecular formula is C22H30O5. The van der Waals surface area contributed by atoms with Crippen LogP contribution in [0.15, 0.2) is 35.5 Å². The highest BCUT2D eigenvalue weighted by Crippen LogP contribution is 2.49. The summed E-state index contributed by atoms with van der Waals surface area (Å²) in [4.78, 5) is 24.0. The Bertz CT molecular complexity index is 703. The highest BCUT2D eigenvalue weighted by molar-refractivity contribution is 5.91. The number of hydrogen-bond donors (Lipinski definition) is 0. The minimum Gasteiger partial charge on any atom is -0.461 e. The maximum absolute atomic E-state index is 12.3. The van der Waals surface area contributed by atoms with Gasteiger partial charge < -0.3 is 14.2 Å². The quantitative estimate of drug-likeness (QED) is 0.300. The SMILES string of the molecule is C=C1C(=O)O[C@H]2[C@H]1[C@@H](OC(C)=O)C/C(C)=C/CC/C(C)=C/CC[C@@]1(C)O[C@H]21. The van der Waals surface area contributed by atoms with Gasteiger partial charge in [-0.15, -0.1) is 0 Å². The Hall–Kier alpha value is -1.88. The molecule has 1 aliphatic carbocycles. The summed E-state index contributed by atoms with van der Waals surface area (Å²) >= 11 is 0. The van der Waals surface area contributed by atoms with Crippen LogP contribution in [0.3, 0.4) is 0 Å². The topological polar surface area (TPSA) is 65.1 Å². The van der Waals surface area contributed by atoms with Crippen molar-refractivity contribution >= 4 is 11.9 Å². The third-order valence-corrected chi connectivity index (χ3v) is 5.91. The van der Waals surface area contributed by atoms with Gasteiger partial charge in [0.15, 0.2) is 0 Å². The molecular weight excluding hydrogens is 344 g/mol. The van der Waals surface area contributed by atoms with Crippen LogP contribution in [-0.2, 0) is 23.8 Å². The molecule has 0 radical (unpaired) electrons. The van der Waals surface area contributed by atoms with Crippen LogP contribution >= 0.6 is 0 Å².